The molecule has 134 valence electrons. The van der Waals surface area contributed by atoms with Gasteiger partial charge < -0.3 is 15.5 Å². The van der Waals surface area contributed by atoms with E-state index in [4.69, 9.17) is 0 Å². The number of hydrogen-bond donors (Lipinski definition) is 3. The van der Waals surface area contributed by atoms with Crippen molar-refractivity contribution in [2.75, 3.05) is 25.5 Å². The standard InChI is InChI=1S/C16H22F3N3O2/c1-4-9-20-14(23)10-22(3)11(2)15(24)21-13-7-5-12(6-8-13)16(17,18)19/h5-8,11H,4,9-10H2,1-3H3,(H,20,23)(H,21,24)/p+1/t11-/m0/s1. The Morgan fingerprint density at radius 2 is 1.79 bits per heavy atom. The van der Waals surface area contributed by atoms with Gasteiger partial charge in [-0.1, -0.05) is 6.92 Å². The van der Waals surface area contributed by atoms with Crippen molar-refractivity contribution in [1.29, 1.82) is 0 Å². The van der Waals surface area contributed by atoms with Gasteiger partial charge in [0.25, 0.3) is 11.8 Å². The molecule has 0 radical (unpaired) electrons. The van der Waals surface area contributed by atoms with E-state index in [-0.39, 0.29) is 24.0 Å². The zero-order valence-corrected chi connectivity index (χ0v) is 14.0. The van der Waals surface area contributed by atoms with Crippen molar-refractivity contribution in [3.8, 4) is 0 Å². The minimum Gasteiger partial charge on any atom is -0.351 e. The van der Waals surface area contributed by atoms with Gasteiger partial charge >= 0.3 is 6.18 Å². The van der Waals surface area contributed by atoms with Gasteiger partial charge in [0.2, 0.25) is 0 Å². The Labute approximate surface area is 139 Å². The predicted molar refractivity (Wildman–Crippen MR) is 84.6 cm³/mol. The van der Waals surface area contributed by atoms with Crippen LogP contribution in [0.4, 0.5) is 18.9 Å². The third-order valence-electron chi connectivity index (χ3n) is 3.62. The monoisotopic (exact) mass is 346 g/mol. The maximum atomic E-state index is 12.5. The van der Waals surface area contributed by atoms with Crippen LogP contribution in [0.5, 0.6) is 0 Å². The van der Waals surface area contributed by atoms with Gasteiger partial charge in [-0.15, -0.1) is 0 Å². The average molecular weight is 346 g/mol. The van der Waals surface area contributed by atoms with Crippen molar-refractivity contribution >= 4 is 17.5 Å². The SMILES string of the molecule is CCCNC(=O)C[NH+](C)[C@@H](C)C(=O)Nc1ccc(C(F)(F)F)cc1. The van der Waals surface area contributed by atoms with E-state index < -0.39 is 17.8 Å². The Hall–Kier alpha value is -2.09. The number of nitrogens with one attached hydrogen (secondary N) is 3. The number of alkyl halides is 3. The summed E-state index contributed by atoms with van der Waals surface area (Å²) in [6.45, 7) is 4.32. The molecule has 0 saturated carbocycles. The van der Waals surface area contributed by atoms with E-state index in [1.165, 1.54) is 12.1 Å². The van der Waals surface area contributed by atoms with Crippen LogP contribution in [0, 0.1) is 0 Å². The first-order valence-electron chi connectivity index (χ1n) is 7.72. The highest BCUT2D eigenvalue weighted by atomic mass is 19.4. The van der Waals surface area contributed by atoms with Crippen LogP contribution >= 0.6 is 0 Å². The number of halogens is 3. The first kappa shape index (κ1) is 20.0. The first-order valence-corrected chi connectivity index (χ1v) is 7.72. The van der Waals surface area contributed by atoms with Gasteiger partial charge in [0.15, 0.2) is 12.6 Å². The first-order chi connectivity index (χ1) is 11.1. The topological polar surface area (TPSA) is 62.6 Å². The molecule has 0 aromatic heterocycles. The fraction of sp³-hybridized carbons (Fsp3) is 0.500. The van der Waals surface area contributed by atoms with Crippen LogP contribution in [-0.2, 0) is 15.8 Å². The summed E-state index contributed by atoms with van der Waals surface area (Å²) in [5.74, 6) is -0.515. The number of amides is 2. The van der Waals surface area contributed by atoms with E-state index in [9.17, 15) is 22.8 Å². The highest BCUT2D eigenvalue weighted by Crippen LogP contribution is 2.29. The number of carbonyl (C=O) groups excluding carboxylic acids is 2. The lowest BCUT2D eigenvalue weighted by atomic mass is 10.2. The molecule has 24 heavy (non-hydrogen) atoms. The molecule has 1 aromatic carbocycles. The lowest BCUT2D eigenvalue weighted by Gasteiger charge is -2.20. The van der Waals surface area contributed by atoms with Crippen LogP contribution in [0.3, 0.4) is 0 Å². The van der Waals surface area contributed by atoms with Crippen LogP contribution in [0.25, 0.3) is 0 Å². The van der Waals surface area contributed by atoms with E-state index in [0.29, 0.717) is 11.4 Å². The highest BCUT2D eigenvalue weighted by molar-refractivity contribution is 5.93. The van der Waals surface area contributed by atoms with E-state index in [1.807, 2.05) is 6.92 Å². The van der Waals surface area contributed by atoms with Crippen molar-refractivity contribution in [2.45, 2.75) is 32.5 Å². The number of rotatable bonds is 7. The summed E-state index contributed by atoms with van der Waals surface area (Å²) >= 11 is 0. The number of quaternary nitrogens is 1. The summed E-state index contributed by atoms with van der Waals surface area (Å²) in [5.41, 5.74) is -0.494. The summed E-state index contributed by atoms with van der Waals surface area (Å²) in [5, 5.41) is 5.29. The van der Waals surface area contributed by atoms with Crippen molar-refractivity contribution < 1.29 is 27.7 Å². The van der Waals surface area contributed by atoms with Crippen molar-refractivity contribution in [3.63, 3.8) is 0 Å². The van der Waals surface area contributed by atoms with Crippen molar-refractivity contribution in [2.24, 2.45) is 0 Å². The number of likely N-dealkylation sites (N-methyl/N-ethyl adjacent to an activating group) is 1. The molecule has 0 bridgehead atoms. The fourth-order valence-corrected chi connectivity index (χ4v) is 1.95. The van der Waals surface area contributed by atoms with E-state index in [2.05, 4.69) is 10.6 Å². The molecule has 0 heterocycles. The molecule has 1 unspecified atom stereocenters. The van der Waals surface area contributed by atoms with E-state index in [1.54, 1.807) is 14.0 Å². The second-order valence-corrected chi connectivity index (χ2v) is 5.66. The van der Waals surface area contributed by atoms with Gasteiger partial charge in [0, 0.05) is 12.2 Å². The summed E-state index contributed by atoms with van der Waals surface area (Å²) in [7, 11) is 1.71. The minimum absolute atomic E-state index is 0.140. The zero-order valence-electron chi connectivity index (χ0n) is 14.0. The fourth-order valence-electron chi connectivity index (χ4n) is 1.95. The molecule has 0 aliphatic heterocycles. The maximum absolute atomic E-state index is 12.5. The Morgan fingerprint density at radius 3 is 2.29 bits per heavy atom. The molecule has 0 saturated heterocycles. The van der Waals surface area contributed by atoms with Crippen LogP contribution < -0.4 is 15.5 Å². The van der Waals surface area contributed by atoms with Crippen molar-refractivity contribution in [1.82, 2.24) is 5.32 Å². The zero-order chi connectivity index (χ0) is 18.3. The Morgan fingerprint density at radius 1 is 1.21 bits per heavy atom. The molecule has 0 spiro atoms. The Kier molecular flexibility index (Phi) is 7.21. The van der Waals surface area contributed by atoms with Gasteiger partial charge in [-0.2, -0.15) is 13.2 Å². The van der Waals surface area contributed by atoms with Gasteiger partial charge in [-0.25, -0.2) is 0 Å². The highest BCUT2D eigenvalue weighted by Gasteiger charge is 2.30. The van der Waals surface area contributed by atoms with Gasteiger partial charge in [0.1, 0.15) is 0 Å². The molecule has 2 amide bonds. The number of benzene rings is 1. The smallest absolute Gasteiger partial charge is 0.351 e. The van der Waals surface area contributed by atoms with Crippen molar-refractivity contribution in [3.05, 3.63) is 29.8 Å². The van der Waals surface area contributed by atoms with Gasteiger partial charge in [-0.3, -0.25) is 9.59 Å². The molecule has 1 aromatic rings. The summed E-state index contributed by atoms with van der Waals surface area (Å²) < 4.78 is 37.5. The molecule has 0 aliphatic rings. The molecule has 8 heteroatoms. The minimum atomic E-state index is -4.41. The Bertz CT molecular complexity index is 559. The third kappa shape index (κ3) is 6.19. The lowest BCUT2D eigenvalue weighted by molar-refractivity contribution is -0.885. The maximum Gasteiger partial charge on any atom is 0.416 e. The van der Waals surface area contributed by atoms with Crippen LogP contribution in [0.1, 0.15) is 25.8 Å². The number of carbonyl (C=O) groups is 2. The molecular weight excluding hydrogens is 323 g/mol. The summed E-state index contributed by atoms with van der Waals surface area (Å²) in [6.07, 6.45) is -3.58. The van der Waals surface area contributed by atoms with Gasteiger partial charge in [0.05, 0.1) is 12.6 Å². The quantitative estimate of drug-likeness (QED) is 0.692. The molecule has 1 rings (SSSR count). The van der Waals surface area contributed by atoms with E-state index >= 15 is 0 Å². The third-order valence-corrected chi connectivity index (χ3v) is 3.62. The summed E-state index contributed by atoms with van der Waals surface area (Å²) in [4.78, 5) is 24.5. The molecule has 0 aliphatic carbocycles. The lowest BCUT2D eigenvalue weighted by Crippen LogP contribution is -3.15. The molecule has 2 atom stereocenters. The normalized spacial score (nSPS) is 13.9. The van der Waals surface area contributed by atoms with E-state index in [0.717, 1.165) is 18.6 Å². The van der Waals surface area contributed by atoms with Crippen LogP contribution in [-0.4, -0.2) is 38.0 Å². The second kappa shape index (κ2) is 8.68. The number of anilines is 1. The largest absolute Gasteiger partial charge is 0.416 e. The molecule has 3 N–H and O–H groups in total. The second-order valence-electron chi connectivity index (χ2n) is 5.66. The Balaban J connectivity index is 2.58. The van der Waals surface area contributed by atoms with Gasteiger partial charge in [-0.05, 0) is 37.6 Å². The predicted octanol–water partition coefficient (Wildman–Crippen LogP) is 1.07. The van der Waals surface area contributed by atoms with Crippen LogP contribution in [0.2, 0.25) is 0 Å². The molecular formula is C16H23F3N3O2+. The average Bonchev–Trinajstić information content (AvgIpc) is 2.51. The molecule has 0 fully saturated rings. The van der Waals surface area contributed by atoms with Crippen LogP contribution in [0.15, 0.2) is 24.3 Å². The summed E-state index contributed by atoms with van der Waals surface area (Å²) in [6, 6.07) is 3.71. The molecule has 5 nitrogen and oxygen atoms in total. The number of hydrogen-bond acceptors (Lipinski definition) is 2.